The summed E-state index contributed by atoms with van der Waals surface area (Å²) in [6, 6.07) is 9.41. The number of carbonyl (C=O) groups is 1. The van der Waals surface area contributed by atoms with Crippen LogP contribution in [0.15, 0.2) is 30.3 Å². The van der Waals surface area contributed by atoms with Gasteiger partial charge in [-0.15, -0.1) is 0 Å². The van der Waals surface area contributed by atoms with Crippen LogP contribution in [-0.2, 0) is 30.3 Å². The topological polar surface area (TPSA) is 54.0 Å². The molecule has 1 aliphatic rings. The van der Waals surface area contributed by atoms with Crippen LogP contribution in [0.1, 0.15) is 32.8 Å². The largest absolute Gasteiger partial charge is 0.450 e. The van der Waals surface area contributed by atoms with Crippen LogP contribution in [0.2, 0.25) is 0 Å². The van der Waals surface area contributed by atoms with E-state index in [1.54, 1.807) is 0 Å². The zero-order valence-corrected chi connectivity index (χ0v) is 14.9. The van der Waals surface area contributed by atoms with Gasteiger partial charge in [-0.3, -0.25) is 4.79 Å². The standard InChI is InChI=1S/C18H23F3O5/c1-12(22)24-16(18(19,20)21)15-14(25-17(2,3)26-15)9-10-23-11-13-7-5-4-6-8-13/h4-8,14-16H,9-11H2,1-3H3/t14-,15+,16+/m0/s1. The van der Waals surface area contributed by atoms with Crippen LogP contribution < -0.4 is 0 Å². The highest BCUT2D eigenvalue weighted by Crippen LogP contribution is 2.38. The molecule has 146 valence electrons. The third-order valence-electron chi connectivity index (χ3n) is 3.79. The Labute approximate surface area is 150 Å². The van der Waals surface area contributed by atoms with E-state index >= 15 is 0 Å². The fourth-order valence-electron chi connectivity index (χ4n) is 2.81. The SMILES string of the molecule is CC(=O)O[C@H]([C@@H]1OC(C)(C)O[C@H]1CCOCc1ccccc1)C(F)(F)F. The third-order valence-corrected chi connectivity index (χ3v) is 3.79. The van der Waals surface area contributed by atoms with Crippen molar-refractivity contribution >= 4 is 5.97 Å². The van der Waals surface area contributed by atoms with Crippen LogP contribution in [-0.4, -0.2) is 42.9 Å². The van der Waals surface area contributed by atoms with Crippen LogP contribution in [0.5, 0.6) is 0 Å². The molecule has 0 bridgehead atoms. The van der Waals surface area contributed by atoms with E-state index in [1.807, 2.05) is 30.3 Å². The fourth-order valence-corrected chi connectivity index (χ4v) is 2.81. The van der Waals surface area contributed by atoms with Crippen molar-refractivity contribution in [1.29, 1.82) is 0 Å². The number of hydrogen-bond donors (Lipinski definition) is 0. The monoisotopic (exact) mass is 376 g/mol. The highest BCUT2D eigenvalue weighted by molar-refractivity contribution is 5.66. The lowest BCUT2D eigenvalue weighted by Crippen LogP contribution is -2.48. The van der Waals surface area contributed by atoms with Crippen molar-refractivity contribution in [3.05, 3.63) is 35.9 Å². The molecule has 0 N–H and O–H groups in total. The lowest BCUT2D eigenvalue weighted by molar-refractivity contribution is -0.252. The van der Waals surface area contributed by atoms with E-state index < -0.39 is 36.2 Å². The maximum Gasteiger partial charge on any atom is 0.428 e. The van der Waals surface area contributed by atoms with Gasteiger partial charge in [0.05, 0.1) is 12.7 Å². The fraction of sp³-hybridized carbons (Fsp3) is 0.611. The van der Waals surface area contributed by atoms with Crippen LogP contribution in [0.4, 0.5) is 13.2 Å². The summed E-state index contributed by atoms with van der Waals surface area (Å²) < 4.78 is 60.9. The van der Waals surface area contributed by atoms with Gasteiger partial charge in [0.25, 0.3) is 0 Å². The van der Waals surface area contributed by atoms with E-state index in [-0.39, 0.29) is 13.0 Å². The Morgan fingerprint density at radius 3 is 2.46 bits per heavy atom. The maximum atomic E-state index is 13.3. The number of hydrogen-bond acceptors (Lipinski definition) is 5. The zero-order valence-electron chi connectivity index (χ0n) is 14.9. The first-order valence-electron chi connectivity index (χ1n) is 8.30. The maximum absolute atomic E-state index is 13.3. The van der Waals surface area contributed by atoms with Gasteiger partial charge in [0, 0.05) is 13.5 Å². The van der Waals surface area contributed by atoms with Gasteiger partial charge in [-0.05, 0) is 25.8 Å². The molecule has 1 aromatic carbocycles. The second-order valence-corrected chi connectivity index (χ2v) is 6.54. The molecule has 1 aromatic rings. The first kappa shape index (κ1) is 20.7. The van der Waals surface area contributed by atoms with Gasteiger partial charge in [-0.2, -0.15) is 13.2 Å². The first-order chi connectivity index (χ1) is 12.1. The first-order valence-corrected chi connectivity index (χ1v) is 8.30. The Balaban J connectivity index is 1.98. The summed E-state index contributed by atoms with van der Waals surface area (Å²) in [5.74, 6) is -2.24. The second kappa shape index (κ2) is 8.37. The van der Waals surface area contributed by atoms with E-state index in [0.717, 1.165) is 12.5 Å². The van der Waals surface area contributed by atoms with Crippen molar-refractivity contribution in [3.8, 4) is 0 Å². The Kier molecular flexibility index (Phi) is 6.65. The van der Waals surface area contributed by atoms with Crippen LogP contribution >= 0.6 is 0 Å². The van der Waals surface area contributed by atoms with Gasteiger partial charge < -0.3 is 18.9 Å². The number of rotatable bonds is 7. The van der Waals surface area contributed by atoms with E-state index in [9.17, 15) is 18.0 Å². The minimum Gasteiger partial charge on any atom is -0.450 e. The van der Waals surface area contributed by atoms with Crippen molar-refractivity contribution in [2.45, 2.75) is 64.1 Å². The quantitative estimate of drug-likeness (QED) is 0.538. The predicted molar refractivity (Wildman–Crippen MR) is 86.1 cm³/mol. The Hall–Kier alpha value is -1.64. The van der Waals surface area contributed by atoms with Crippen LogP contribution in [0, 0.1) is 0 Å². The number of ether oxygens (including phenoxy) is 4. The van der Waals surface area contributed by atoms with Gasteiger partial charge in [-0.25, -0.2) is 0 Å². The molecule has 1 heterocycles. The molecular weight excluding hydrogens is 353 g/mol. The Bertz CT molecular complexity index is 588. The zero-order chi connectivity index (χ0) is 19.4. The molecule has 0 spiro atoms. The van der Waals surface area contributed by atoms with Gasteiger partial charge in [-0.1, -0.05) is 30.3 Å². The van der Waals surface area contributed by atoms with Gasteiger partial charge in [0.15, 0.2) is 5.79 Å². The third kappa shape index (κ3) is 5.96. The molecular formula is C18H23F3O5. The van der Waals surface area contributed by atoms with Crippen LogP contribution in [0.3, 0.4) is 0 Å². The molecule has 0 unspecified atom stereocenters. The minimum atomic E-state index is -4.76. The van der Waals surface area contributed by atoms with E-state index in [2.05, 4.69) is 4.74 Å². The molecule has 0 amide bonds. The van der Waals surface area contributed by atoms with Crippen LogP contribution in [0.25, 0.3) is 0 Å². The molecule has 2 rings (SSSR count). The molecule has 0 aliphatic carbocycles. The molecule has 3 atom stereocenters. The van der Waals surface area contributed by atoms with Crippen molar-refractivity contribution in [2.75, 3.05) is 6.61 Å². The molecule has 0 saturated carbocycles. The number of esters is 1. The molecule has 8 heteroatoms. The smallest absolute Gasteiger partial charge is 0.428 e. The molecule has 0 aromatic heterocycles. The lowest BCUT2D eigenvalue weighted by atomic mass is 10.0. The molecule has 26 heavy (non-hydrogen) atoms. The summed E-state index contributed by atoms with van der Waals surface area (Å²) in [5, 5.41) is 0. The molecule has 0 radical (unpaired) electrons. The van der Waals surface area contributed by atoms with Crippen molar-refractivity contribution in [1.82, 2.24) is 0 Å². The molecule has 1 fully saturated rings. The number of carbonyl (C=O) groups excluding carboxylic acids is 1. The van der Waals surface area contributed by atoms with E-state index in [0.29, 0.717) is 6.61 Å². The number of benzene rings is 1. The minimum absolute atomic E-state index is 0.175. The highest BCUT2D eigenvalue weighted by atomic mass is 19.4. The van der Waals surface area contributed by atoms with Crippen molar-refractivity contribution in [3.63, 3.8) is 0 Å². The summed E-state index contributed by atoms with van der Waals surface area (Å²) in [6.07, 6.45) is -9.33. The lowest BCUT2D eigenvalue weighted by Gasteiger charge is -2.27. The summed E-state index contributed by atoms with van der Waals surface area (Å²) in [7, 11) is 0. The van der Waals surface area contributed by atoms with Gasteiger partial charge in [0.1, 0.15) is 6.10 Å². The summed E-state index contributed by atoms with van der Waals surface area (Å²) in [6.45, 7) is 4.49. The molecule has 1 saturated heterocycles. The van der Waals surface area contributed by atoms with Gasteiger partial charge in [0.2, 0.25) is 6.10 Å². The van der Waals surface area contributed by atoms with E-state index in [1.165, 1.54) is 13.8 Å². The Morgan fingerprint density at radius 2 is 1.88 bits per heavy atom. The summed E-state index contributed by atoms with van der Waals surface area (Å²) >= 11 is 0. The van der Waals surface area contributed by atoms with E-state index in [4.69, 9.17) is 14.2 Å². The second-order valence-electron chi connectivity index (χ2n) is 6.54. The molecule has 5 nitrogen and oxygen atoms in total. The van der Waals surface area contributed by atoms with Crippen molar-refractivity contribution in [2.24, 2.45) is 0 Å². The predicted octanol–water partition coefficient (Wildman–Crippen LogP) is 3.61. The van der Waals surface area contributed by atoms with Crippen molar-refractivity contribution < 1.29 is 36.9 Å². The number of halogens is 3. The molecule has 1 aliphatic heterocycles. The highest BCUT2D eigenvalue weighted by Gasteiger charge is 2.56. The normalized spacial score (nSPS) is 23.6. The Morgan fingerprint density at radius 1 is 1.23 bits per heavy atom. The number of alkyl halides is 3. The summed E-state index contributed by atoms with van der Waals surface area (Å²) in [4.78, 5) is 11.1. The summed E-state index contributed by atoms with van der Waals surface area (Å²) in [5.41, 5.74) is 0.959. The van der Waals surface area contributed by atoms with Gasteiger partial charge >= 0.3 is 12.1 Å². The average Bonchev–Trinajstić information content (AvgIpc) is 2.83. The average molecular weight is 376 g/mol.